The number of rotatable bonds is 3. The minimum absolute atomic E-state index is 0.0990. The fraction of sp³-hybridized carbons (Fsp3) is 0.143. The van der Waals surface area contributed by atoms with Gasteiger partial charge in [-0.25, -0.2) is 0 Å². The van der Waals surface area contributed by atoms with Gasteiger partial charge in [-0.3, -0.25) is 0 Å². The van der Waals surface area contributed by atoms with E-state index >= 15 is 0 Å². The summed E-state index contributed by atoms with van der Waals surface area (Å²) in [5, 5.41) is 17.5. The summed E-state index contributed by atoms with van der Waals surface area (Å²) in [6, 6.07) is 13.4. The van der Waals surface area contributed by atoms with Crippen LogP contribution in [-0.4, -0.2) is 19.0 Å². The van der Waals surface area contributed by atoms with Crippen LogP contribution >= 0.6 is 0 Å². The van der Waals surface area contributed by atoms with Gasteiger partial charge in [0.25, 0.3) is 0 Å². The Hall–Kier alpha value is -2.52. The summed E-state index contributed by atoms with van der Waals surface area (Å²) < 4.78 is 0. The molecule has 0 saturated carbocycles. The third kappa shape index (κ3) is 3.85. The predicted octanol–water partition coefficient (Wildman–Crippen LogP) is 2.56. The van der Waals surface area contributed by atoms with Crippen molar-refractivity contribution >= 4 is 5.57 Å². The van der Waals surface area contributed by atoms with Gasteiger partial charge >= 0.3 is 0 Å². The van der Waals surface area contributed by atoms with Crippen LogP contribution in [0.25, 0.3) is 5.57 Å². The first-order chi connectivity index (χ1) is 8.17. The van der Waals surface area contributed by atoms with E-state index in [-0.39, 0.29) is 5.57 Å². The standard InChI is InChI=1S/C14H13N3/c1-17(2)11-14(8-12(9-15)10-16)13-6-4-3-5-7-13/h3-8,11H,1-2H3. The molecule has 0 heterocycles. The molecular weight excluding hydrogens is 210 g/mol. The van der Waals surface area contributed by atoms with Crippen molar-refractivity contribution in [1.29, 1.82) is 10.5 Å². The van der Waals surface area contributed by atoms with E-state index in [0.29, 0.717) is 0 Å². The van der Waals surface area contributed by atoms with Crippen molar-refractivity contribution in [2.24, 2.45) is 0 Å². The molecule has 3 nitrogen and oxygen atoms in total. The molecule has 1 aromatic rings. The fourth-order valence-corrected chi connectivity index (χ4v) is 1.35. The normalized spacial score (nSPS) is 10.0. The monoisotopic (exact) mass is 223 g/mol. The lowest BCUT2D eigenvalue weighted by atomic mass is 10.0. The van der Waals surface area contributed by atoms with Crippen molar-refractivity contribution in [3.63, 3.8) is 0 Å². The molecule has 0 aliphatic heterocycles. The molecule has 84 valence electrons. The van der Waals surface area contributed by atoms with Crippen LogP contribution < -0.4 is 0 Å². The number of hydrogen-bond donors (Lipinski definition) is 0. The molecule has 0 aliphatic rings. The Morgan fingerprint density at radius 3 is 2.18 bits per heavy atom. The summed E-state index contributed by atoms with van der Waals surface area (Å²) in [4.78, 5) is 1.88. The lowest BCUT2D eigenvalue weighted by Gasteiger charge is -2.09. The zero-order chi connectivity index (χ0) is 12.7. The molecule has 0 atom stereocenters. The number of benzene rings is 1. The first-order valence-corrected chi connectivity index (χ1v) is 5.13. The highest BCUT2D eigenvalue weighted by atomic mass is 15.0. The molecule has 0 aromatic heterocycles. The van der Waals surface area contributed by atoms with E-state index in [1.165, 1.54) is 0 Å². The molecule has 0 fully saturated rings. The highest BCUT2D eigenvalue weighted by Gasteiger charge is 2.01. The van der Waals surface area contributed by atoms with Crippen LogP contribution in [-0.2, 0) is 0 Å². The lowest BCUT2D eigenvalue weighted by Crippen LogP contribution is -2.02. The van der Waals surface area contributed by atoms with Crippen molar-refractivity contribution in [3.05, 3.63) is 53.7 Å². The van der Waals surface area contributed by atoms with E-state index in [1.807, 2.05) is 67.7 Å². The molecule has 1 rings (SSSR count). The number of nitrogens with zero attached hydrogens (tertiary/aromatic N) is 3. The summed E-state index contributed by atoms with van der Waals surface area (Å²) in [5.41, 5.74) is 1.92. The first kappa shape index (κ1) is 12.5. The van der Waals surface area contributed by atoms with Gasteiger partial charge in [0.2, 0.25) is 0 Å². The second-order valence-corrected chi connectivity index (χ2v) is 3.70. The summed E-state index contributed by atoms with van der Waals surface area (Å²) in [6.45, 7) is 0. The summed E-state index contributed by atoms with van der Waals surface area (Å²) in [5.74, 6) is 0. The van der Waals surface area contributed by atoms with Crippen LogP contribution in [0.2, 0.25) is 0 Å². The van der Waals surface area contributed by atoms with Crippen LogP contribution in [0.3, 0.4) is 0 Å². The molecule has 0 amide bonds. The SMILES string of the molecule is CN(C)C=C(C=C(C#N)C#N)c1ccccc1. The lowest BCUT2D eigenvalue weighted by molar-refractivity contribution is 0.566. The van der Waals surface area contributed by atoms with Crippen LogP contribution in [0, 0.1) is 22.7 Å². The largest absolute Gasteiger partial charge is 0.383 e. The maximum atomic E-state index is 8.77. The first-order valence-electron chi connectivity index (χ1n) is 5.13. The summed E-state index contributed by atoms with van der Waals surface area (Å²) in [6.07, 6.45) is 3.47. The second kappa shape index (κ2) is 6.15. The highest BCUT2D eigenvalue weighted by molar-refractivity contribution is 5.76. The molecule has 0 spiro atoms. The maximum Gasteiger partial charge on any atom is 0.130 e. The van der Waals surface area contributed by atoms with Gasteiger partial charge in [-0.15, -0.1) is 0 Å². The zero-order valence-corrected chi connectivity index (χ0v) is 9.88. The smallest absolute Gasteiger partial charge is 0.130 e. The number of hydrogen-bond acceptors (Lipinski definition) is 3. The summed E-state index contributed by atoms with van der Waals surface area (Å²) in [7, 11) is 3.80. The van der Waals surface area contributed by atoms with Gasteiger partial charge in [0.15, 0.2) is 0 Å². The molecule has 0 unspecified atom stereocenters. The molecule has 3 heteroatoms. The molecule has 0 N–H and O–H groups in total. The van der Waals surface area contributed by atoms with Crippen LogP contribution in [0.1, 0.15) is 5.56 Å². The van der Waals surface area contributed by atoms with E-state index in [4.69, 9.17) is 10.5 Å². The Labute approximate surface area is 102 Å². The molecule has 17 heavy (non-hydrogen) atoms. The Bertz CT molecular complexity index is 495. The van der Waals surface area contributed by atoms with E-state index in [9.17, 15) is 0 Å². The Morgan fingerprint density at radius 1 is 1.12 bits per heavy atom. The Kier molecular flexibility index (Phi) is 4.54. The summed E-state index contributed by atoms with van der Waals surface area (Å²) >= 11 is 0. The van der Waals surface area contributed by atoms with E-state index in [1.54, 1.807) is 6.08 Å². The third-order valence-electron chi connectivity index (χ3n) is 2.05. The average molecular weight is 223 g/mol. The molecule has 0 bridgehead atoms. The number of allylic oxidation sites excluding steroid dienone is 3. The van der Waals surface area contributed by atoms with Crippen molar-refractivity contribution in [2.45, 2.75) is 0 Å². The van der Waals surface area contributed by atoms with Crippen LogP contribution in [0.4, 0.5) is 0 Å². The van der Waals surface area contributed by atoms with Gasteiger partial charge < -0.3 is 4.90 Å². The van der Waals surface area contributed by atoms with Gasteiger partial charge in [-0.1, -0.05) is 30.3 Å². The van der Waals surface area contributed by atoms with E-state index in [2.05, 4.69) is 0 Å². The fourth-order valence-electron chi connectivity index (χ4n) is 1.35. The maximum absolute atomic E-state index is 8.77. The number of nitriles is 2. The van der Waals surface area contributed by atoms with Crippen LogP contribution in [0.5, 0.6) is 0 Å². The van der Waals surface area contributed by atoms with E-state index in [0.717, 1.165) is 11.1 Å². The van der Waals surface area contributed by atoms with E-state index < -0.39 is 0 Å². The zero-order valence-electron chi connectivity index (χ0n) is 9.88. The molecule has 0 aliphatic carbocycles. The van der Waals surface area contributed by atoms with Crippen molar-refractivity contribution in [1.82, 2.24) is 4.90 Å². The van der Waals surface area contributed by atoms with Crippen molar-refractivity contribution in [3.8, 4) is 12.1 Å². The van der Waals surface area contributed by atoms with Gasteiger partial charge in [-0.2, -0.15) is 10.5 Å². The quantitative estimate of drug-likeness (QED) is 0.584. The second-order valence-electron chi connectivity index (χ2n) is 3.70. The topological polar surface area (TPSA) is 50.8 Å². The Morgan fingerprint density at radius 2 is 1.71 bits per heavy atom. The minimum Gasteiger partial charge on any atom is -0.383 e. The Balaban J connectivity index is 3.22. The molecule has 0 saturated heterocycles. The minimum atomic E-state index is 0.0990. The van der Waals surface area contributed by atoms with Crippen LogP contribution in [0.15, 0.2) is 48.2 Å². The molecule has 1 aromatic carbocycles. The third-order valence-corrected chi connectivity index (χ3v) is 2.05. The highest BCUT2D eigenvalue weighted by Crippen LogP contribution is 2.17. The van der Waals surface area contributed by atoms with Crippen molar-refractivity contribution in [2.75, 3.05) is 14.1 Å². The van der Waals surface area contributed by atoms with Crippen molar-refractivity contribution < 1.29 is 0 Å². The van der Waals surface area contributed by atoms with Gasteiger partial charge in [-0.05, 0) is 17.2 Å². The van der Waals surface area contributed by atoms with Gasteiger partial charge in [0.05, 0.1) is 0 Å². The molecular formula is C14H13N3. The average Bonchev–Trinajstić information content (AvgIpc) is 2.35. The molecule has 0 radical (unpaired) electrons. The predicted molar refractivity (Wildman–Crippen MR) is 67.4 cm³/mol. The van der Waals surface area contributed by atoms with Gasteiger partial charge in [0, 0.05) is 20.3 Å². The van der Waals surface area contributed by atoms with Gasteiger partial charge in [0.1, 0.15) is 17.7 Å².